The van der Waals surface area contributed by atoms with Crippen molar-refractivity contribution in [3.05, 3.63) is 41.0 Å². The van der Waals surface area contributed by atoms with E-state index in [0.717, 1.165) is 12.0 Å². The second-order valence-electron chi connectivity index (χ2n) is 7.45. The number of amides is 1. The van der Waals surface area contributed by atoms with Gasteiger partial charge < -0.3 is 24.2 Å². The highest BCUT2D eigenvalue weighted by Gasteiger charge is 2.36. The Bertz CT molecular complexity index is 921. The molecule has 1 aromatic carbocycles. The van der Waals surface area contributed by atoms with E-state index in [1.807, 2.05) is 0 Å². The number of hydrogen-bond donors (Lipinski definition) is 1. The van der Waals surface area contributed by atoms with Crippen molar-refractivity contribution in [2.45, 2.75) is 39.7 Å². The number of nitrogens with zero attached hydrogens (tertiary/aromatic N) is 1. The van der Waals surface area contributed by atoms with E-state index in [4.69, 9.17) is 9.47 Å². The third-order valence-corrected chi connectivity index (χ3v) is 5.15. The highest BCUT2D eigenvalue weighted by atomic mass is 16.5. The monoisotopic (exact) mass is 477 g/mol. The van der Waals surface area contributed by atoms with Gasteiger partial charge in [0.2, 0.25) is 5.91 Å². The van der Waals surface area contributed by atoms with Crippen LogP contribution < -0.4 is 0 Å². The van der Waals surface area contributed by atoms with Gasteiger partial charge in [0.05, 0.1) is 38.5 Å². The number of aliphatic carboxylic acids is 1. The molecule has 1 rings (SSSR count). The number of carboxylic acid groups (broad SMARTS) is 1. The molecule has 0 bridgehead atoms. The number of benzene rings is 1. The lowest BCUT2D eigenvalue weighted by atomic mass is 9.96. The largest absolute Gasteiger partial charge is 0.480 e. The summed E-state index contributed by atoms with van der Waals surface area (Å²) in [6.45, 7) is 4.67. The molecule has 1 amide bonds. The van der Waals surface area contributed by atoms with Gasteiger partial charge >= 0.3 is 23.9 Å². The number of carbonyl (C=O) groups is 5. The fourth-order valence-corrected chi connectivity index (χ4v) is 3.20. The van der Waals surface area contributed by atoms with Crippen LogP contribution in [0.5, 0.6) is 0 Å². The lowest BCUT2D eigenvalue weighted by Gasteiger charge is -2.32. The Kier molecular flexibility index (Phi) is 11.5. The molecule has 10 nitrogen and oxygen atoms in total. The maximum absolute atomic E-state index is 13.0. The van der Waals surface area contributed by atoms with E-state index in [-0.39, 0.29) is 12.2 Å². The summed E-state index contributed by atoms with van der Waals surface area (Å²) in [5, 5.41) is 9.85. The molecule has 34 heavy (non-hydrogen) atoms. The molecular weight excluding hydrogens is 446 g/mol. The number of rotatable bonds is 12. The summed E-state index contributed by atoms with van der Waals surface area (Å²) < 4.78 is 14.3. The third-order valence-electron chi connectivity index (χ3n) is 5.15. The van der Waals surface area contributed by atoms with E-state index >= 15 is 0 Å². The van der Waals surface area contributed by atoms with Gasteiger partial charge in [-0.25, -0.2) is 14.4 Å². The average Bonchev–Trinajstić information content (AvgIpc) is 2.81. The number of esters is 3. The first-order valence-electron chi connectivity index (χ1n) is 10.7. The molecule has 0 aliphatic carbocycles. The van der Waals surface area contributed by atoms with Gasteiger partial charge in [-0.15, -0.1) is 0 Å². The summed E-state index contributed by atoms with van der Waals surface area (Å²) in [4.78, 5) is 62.1. The Labute approximate surface area is 198 Å². The zero-order valence-electron chi connectivity index (χ0n) is 20.0. The fourth-order valence-electron chi connectivity index (χ4n) is 3.20. The van der Waals surface area contributed by atoms with E-state index in [1.165, 1.54) is 25.3 Å². The third kappa shape index (κ3) is 8.02. The van der Waals surface area contributed by atoms with Gasteiger partial charge in [0, 0.05) is 0 Å². The predicted octanol–water partition coefficient (Wildman–Crippen LogP) is 2.31. The minimum Gasteiger partial charge on any atom is -0.480 e. The second kappa shape index (κ2) is 13.8. The number of carbonyl (C=O) groups excluding carboxylic acids is 4. The molecule has 0 saturated carbocycles. The van der Waals surface area contributed by atoms with Crippen molar-refractivity contribution >= 4 is 35.9 Å². The first-order chi connectivity index (χ1) is 16.1. The van der Waals surface area contributed by atoms with Gasteiger partial charge in [-0.2, -0.15) is 0 Å². The van der Waals surface area contributed by atoms with Crippen LogP contribution in [0.2, 0.25) is 0 Å². The van der Waals surface area contributed by atoms with E-state index in [2.05, 4.69) is 4.74 Å². The number of methoxy groups -OCH3 is 2. The van der Waals surface area contributed by atoms with Crippen LogP contribution in [0.3, 0.4) is 0 Å². The fraction of sp³-hybridized carbons (Fsp3) is 0.458. The smallest absolute Gasteiger partial charge is 0.337 e. The molecular formula is C24H31NO9. The Morgan fingerprint density at radius 2 is 1.65 bits per heavy atom. The molecule has 186 valence electrons. The van der Waals surface area contributed by atoms with Crippen molar-refractivity contribution in [1.29, 1.82) is 0 Å². The number of carboxylic acids is 1. The molecule has 1 aromatic rings. The van der Waals surface area contributed by atoms with Crippen molar-refractivity contribution in [2.75, 3.05) is 27.4 Å². The Hall–Kier alpha value is -3.69. The number of ether oxygens (including phenoxy) is 3. The Morgan fingerprint density at radius 1 is 1.03 bits per heavy atom. The molecule has 0 saturated heterocycles. The minimum atomic E-state index is -1.29. The topological polar surface area (TPSA) is 137 Å². The van der Waals surface area contributed by atoms with Crippen LogP contribution in [0, 0.1) is 5.92 Å². The summed E-state index contributed by atoms with van der Waals surface area (Å²) in [6.07, 6.45) is 1.19. The van der Waals surface area contributed by atoms with Crippen LogP contribution in [-0.2, 0) is 33.4 Å². The first kappa shape index (κ1) is 28.3. The quantitative estimate of drug-likeness (QED) is 0.208. The van der Waals surface area contributed by atoms with Crippen LogP contribution in [0.25, 0.3) is 6.08 Å². The molecule has 0 aliphatic rings. The molecule has 2 atom stereocenters. The minimum absolute atomic E-state index is 0.0138. The van der Waals surface area contributed by atoms with Gasteiger partial charge in [-0.1, -0.05) is 32.4 Å². The predicted molar refractivity (Wildman–Crippen MR) is 122 cm³/mol. The van der Waals surface area contributed by atoms with Gasteiger partial charge in [0.25, 0.3) is 0 Å². The van der Waals surface area contributed by atoms with Crippen molar-refractivity contribution in [2.24, 2.45) is 5.92 Å². The second-order valence-corrected chi connectivity index (χ2v) is 7.45. The first-order valence-corrected chi connectivity index (χ1v) is 10.7. The zero-order valence-corrected chi connectivity index (χ0v) is 20.0. The summed E-state index contributed by atoms with van der Waals surface area (Å²) >= 11 is 0. The van der Waals surface area contributed by atoms with Crippen LogP contribution >= 0.6 is 0 Å². The normalized spacial score (nSPS) is 12.8. The molecule has 0 aromatic heterocycles. The van der Waals surface area contributed by atoms with Crippen molar-refractivity contribution in [3.63, 3.8) is 0 Å². The van der Waals surface area contributed by atoms with Crippen LogP contribution in [0.4, 0.5) is 0 Å². The lowest BCUT2D eigenvalue weighted by Crippen LogP contribution is -2.50. The molecule has 0 aliphatic heterocycles. The van der Waals surface area contributed by atoms with Crippen molar-refractivity contribution < 1.29 is 43.3 Å². The summed E-state index contributed by atoms with van der Waals surface area (Å²) in [6, 6.07) is 4.82. The van der Waals surface area contributed by atoms with Gasteiger partial charge in [-0.05, 0) is 36.6 Å². The standard InChI is InChI=1S/C24H31NO9/c1-6-15(3)21(22(28)29)25(19(26)13-20(27)34-7-2)14-18(24(31)33-5)12-16-8-10-17(11-9-16)23(30)32-4/h8-12,15,21H,6-7,13-14H2,1-5H3,(H,28,29)/b18-12+/t15?,21-/m0/s1. The maximum Gasteiger partial charge on any atom is 0.337 e. The van der Waals surface area contributed by atoms with E-state index in [1.54, 1.807) is 32.9 Å². The molecule has 0 spiro atoms. The van der Waals surface area contributed by atoms with Crippen LogP contribution in [0.1, 0.15) is 49.5 Å². The molecule has 1 N–H and O–H groups in total. The van der Waals surface area contributed by atoms with Crippen molar-refractivity contribution in [3.8, 4) is 0 Å². The van der Waals surface area contributed by atoms with Crippen LogP contribution in [-0.4, -0.2) is 73.2 Å². The molecule has 10 heteroatoms. The van der Waals surface area contributed by atoms with Crippen LogP contribution in [0.15, 0.2) is 29.8 Å². The van der Waals surface area contributed by atoms with E-state index in [0.29, 0.717) is 17.5 Å². The van der Waals surface area contributed by atoms with Gasteiger partial charge in [-0.3, -0.25) is 9.59 Å². The van der Waals surface area contributed by atoms with Gasteiger partial charge in [0.1, 0.15) is 12.5 Å². The summed E-state index contributed by atoms with van der Waals surface area (Å²) in [7, 11) is 2.41. The van der Waals surface area contributed by atoms with Gasteiger partial charge in [0.15, 0.2) is 0 Å². The highest BCUT2D eigenvalue weighted by molar-refractivity contribution is 5.99. The lowest BCUT2D eigenvalue weighted by molar-refractivity contribution is -0.156. The summed E-state index contributed by atoms with van der Waals surface area (Å²) in [5.41, 5.74) is 0.787. The SMILES string of the molecule is CCOC(=O)CC(=O)N(C/C(=C\c1ccc(C(=O)OC)cc1)C(=O)OC)[C@H](C(=O)O)C(C)CC. The van der Waals surface area contributed by atoms with Crippen molar-refractivity contribution in [1.82, 2.24) is 4.90 Å². The highest BCUT2D eigenvalue weighted by Crippen LogP contribution is 2.20. The van der Waals surface area contributed by atoms with E-state index in [9.17, 15) is 29.1 Å². The average molecular weight is 478 g/mol. The molecule has 0 fully saturated rings. The summed E-state index contributed by atoms with van der Waals surface area (Å²) in [5.74, 6) is -4.63. The Balaban J connectivity index is 3.43. The number of hydrogen-bond acceptors (Lipinski definition) is 8. The molecule has 0 heterocycles. The zero-order chi connectivity index (χ0) is 25.8. The maximum atomic E-state index is 13.0. The molecule has 0 radical (unpaired) electrons. The Morgan fingerprint density at radius 3 is 2.12 bits per heavy atom. The molecule has 1 unspecified atom stereocenters. The van der Waals surface area contributed by atoms with E-state index < -0.39 is 54.7 Å².